The summed E-state index contributed by atoms with van der Waals surface area (Å²) >= 11 is 0. The van der Waals surface area contributed by atoms with Crippen LogP contribution in [0.3, 0.4) is 0 Å². The number of nitrogens with one attached hydrogen (secondary N) is 1. The van der Waals surface area contributed by atoms with Crippen LogP contribution in [0.4, 0.5) is 5.69 Å². The fourth-order valence-corrected chi connectivity index (χ4v) is 4.11. The van der Waals surface area contributed by atoms with Crippen molar-refractivity contribution in [3.8, 4) is 23.0 Å². The molecule has 1 N–H and O–H groups in total. The first kappa shape index (κ1) is 27.5. The number of ether oxygens (including phenoxy) is 3. The van der Waals surface area contributed by atoms with E-state index in [9.17, 15) is 13.2 Å². The molecule has 10 heteroatoms. The van der Waals surface area contributed by atoms with Crippen molar-refractivity contribution in [1.82, 2.24) is 5.43 Å². The minimum Gasteiger partial charge on any atom is -0.490 e. The van der Waals surface area contributed by atoms with Gasteiger partial charge in [-0.25, -0.2) is 13.8 Å². The molecule has 1 amide bonds. The van der Waals surface area contributed by atoms with Gasteiger partial charge in [0.15, 0.2) is 11.5 Å². The van der Waals surface area contributed by atoms with E-state index in [-0.39, 0.29) is 0 Å². The highest BCUT2D eigenvalue weighted by molar-refractivity contribution is 7.92. The lowest BCUT2D eigenvalue weighted by molar-refractivity contribution is -0.119. The molecule has 0 saturated heterocycles. The number of amides is 1. The van der Waals surface area contributed by atoms with Crippen molar-refractivity contribution in [2.75, 3.05) is 30.3 Å². The molecule has 0 aromatic heterocycles. The summed E-state index contributed by atoms with van der Waals surface area (Å²) in [6.07, 6.45) is 3.36. The van der Waals surface area contributed by atoms with Crippen LogP contribution in [0.2, 0.25) is 0 Å². The topological polar surface area (TPSA) is 107 Å². The molecule has 0 radical (unpaired) electrons. The maximum atomic E-state index is 12.5. The number of carbonyl (C=O) groups is 1. The number of hydrazone groups is 1. The van der Waals surface area contributed by atoms with Crippen molar-refractivity contribution in [1.29, 1.82) is 0 Å². The fraction of sp³-hybridized carbons (Fsp3) is 0.259. The van der Waals surface area contributed by atoms with Gasteiger partial charge in [0.1, 0.15) is 18.0 Å². The normalized spacial score (nSPS) is 11.2. The minimum absolute atomic E-state index is 0.325. The predicted molar refractivity (Wildman–Crippen MR) is 144 cm³/mol. The molecule has 0 aliphatic carbocycles. The summed E-state index contributed by atoms with van der Waals surface area (Å²) in [5.41, 5.74) is 3.38. The Bertz CT molecular complexity index is 1300. The highest BCUT2D eigenvalue weighted by atomic mass is 32.2. The summed E-state index contributed by atoms with van der Waals surface area (Å²) in [5, 5.41) is 3.96. The van der Waals surface area contributed by atoms with E-state index < -0.39 is 22.5 Å². The number of anilines is 1. The molecule has 0 saturated carbocycles. The van der Waals surface area contributed by atoms with Gasteiger partial charge in [-0.05, 0) is 73.5 Å². The highest BCUT2D eigenvalue weighted by Crippen LogP contribution is 2.28. The lowest BCUT2D eigenvalue weighted by Gasteiger charge is -2.21. The second-order valence-electron chi connectivity index (χ2n) is 7.96. The van der Waals surface area contributed by atoms with Crippen molar-refractivity contribution < 1.29 is 27.4 Å². The summed E-state index contributed by atoms with van der Waals surface area (Å²) in [7, 11) is -3.74. The van der Waals surface area contributed by atoms with Gasteiger partial charge in [-0.1, -0.05) is 25.1 Å². The monoisotopic (exact) mass is 525 g/mol. The van der Waals surface area contributed by atoms with Crippen LogP contribution < -0.4 is 23.9 Å². The number of carbonyl (C=O) groups excluding carboxylic acids is 1. The van der Waals surface area contributed by atoms with Gasteiger partial charge in [-0.15, -0.1) is 0 Å². The maximum absolute atomic E-state index is 12.5. The Hall–Kier alpha value is -4.05. The van der Waals surface area contributed by atoms with Crippen molar-refractivity contribution >= 4 is 27.8 Å². The van der Waals surface area contributed by atoms with E-state index in [1.807, 2.05) is 44.2 Å². The van der Waals surface area contributed by atoms with Crippen LogP contribution >= 0.6 is 0 Å². The van der Waals surface area contributed by atoms with Gasteiger partial charge >= 0.3 is 0 Å². The van der Waals surface area contributed by atoms with E-state index in [0.29, 0.717) is 47.5 Å². The second-order valence-corrected chi connectivity index (χ2v) is 9.87. The molecule has 3 rings (SSSR count). The molecule has 9 nitrogen and oxygen atoms in total. The van der Waals surface area contributed by atoms with E-state index in [2.05, 4.69) is 10.5 Å². The average molecular weight is 526 g/mol. The first-order valence-corrected chi connectivity index (χ1v) is 13.7. The zero-order valence-corrected chi connectivity index (χ0v) is 21.9. The number of hydrogen-bond donors (Lipinski definition) is 1. The van der Waals surface area contributed by atoms with Crippen molar-refractivity contribution in [2.45, 2.75) is 20.3 Å². The lowest BCUT2D eigenvalue weighted by atomic mass is 10.2. The quantitative estimate of drug-likeness (QED) is 0.259. The number of benzene rings is 3. The molecule has 37 heavy (non-hydrogen) atoms. The zero-order valence-electron chi connectivity index (χ0n) is 21.1. The van der Waals surface area contributed by atoms with Gasteiger partial charge in [0.05, 0.1) is 31.4 Å². The zero-order chi connectivity index (χ0) is 26.7. The Morgan fingerprint density at radius 3 is 2.30 bits per heavy atom. The SMILES string of the molecule is CCCOc1ccc(/C=N\NC(=O)CN(c2ccc(Oc3ccccc3)cc2)S(C)(=O)=O)cc1OCC. The third-order valence-corrected chi connectivity index (χ3v) is 6.06. The summed E-state index contributed by atoms with van der Waals surface area (Å²) < 4.78 is 42.8. The van der Waals surface area contributed by atoms with Gasteiger partial charge in [-0.3, -0.25) is 9.10 Å². The molecule has 196 valence electrons. The van der Waals surface area contributed by atoms with Crippen LogP contribution in [-0.2, 0) is 14.8 Å². The summed E-state index contributed by atoms with van der Waals surface area (Å²) in [4.78, 5) is 12.5. The molecule has 0 atom stereocenters. The predicted octanol–water partition coefficient (Wildman–Crippen LogP) is 4.58. The molecule has 3 aromatic carbocycles. The van der Waals surface area contributed by atoms with Crippen LogP contribution in [-0.4, -0.2) is 46.6 Å². The van der Waals surface area contributed by atoms with Gasteiger partial charge in [0.25, 0.3) is 5.91 Å². The van der Waals surface area contributed by atoms with Crippen LogP contribution in [0.25, 0.3) is 0 Å². The van der Waals surface area contributed by atoms with Crippen LogP contribution in [0.15, 0.2) is 77.9 Å². The van der Waals surface area contributed by atoms with Crippen LogP contribution in [0.1, 0.15) is 25.8 Å². The number of para-hydroxylation sites is 1. The standard InChI is InChI=1S/C27H31N3O6S/c1-4-17-35-25-16-11-21(18-26(25)34-5-2)19-28-29-27(31)20-30(37(3,32)33)22-12-14-24(15-13-22)36-23-9-7-6-8-10-23/h6-16,18-19H,4-5,17,20H2,1-3H3,(H,29,31)/b28-19-. The van der Waals surface area contributed by atoms with Crippen molar-refractivity contribution in [3.05, 3.63) is 78.4 Å². The van der Waals surface area contributed by atoms with Crippen molar-refractivity contribution in [2.24, 2.45) is 5.10 Å². The van der Waals surface area contributed by atoms with E-state index in [1.165, 1.54) is 6.21 Å². The van der Waals surface area contributed by atoms with E-state index in [1.54, 1.807) is 42.5 Å². The van der Waals surface area contributed by atoms with Gasteiger partial charge in [0, 0.05) is 0 Å². The van der Waals surface area contributed by atoms with E-state index in [4.69, 9.17) is 14.2 Å². The Morgan fingerprint density at radius 2 is 1.65 bits per heavy atom. The van der Waals surface area contributed by atoms with Gasteiger partial charge < -0.3 is 14.2 Å². The molecule has 3 aromatic rings. The largest absolute Gasteiger partial charge is 0.490 e. The number of hydrogen-bond acceptors (Lipinski definition) is 7. The lowest BCUT2D eigenvalue weighted by Crippen LogP contribution is -2.39. The fourth-order valence-electron chi connectivity index (χ4n) is 3.25. The van der Waals surface area contributed by atoms with Gasteiger partial charge in [0.2, 0.25) is 10.0 Å². The molecule has 0 heterocycles. The minimum atomic E-state index is -3.74. The second kappa shape index (κ2) is 13.3. The summed E-state index contributed by atoms with van der Waals surface area (Å²) in [6.45, 7) is 4.50. The number of rotatable bonds is 13. The summed E-state index contributed by atoms with van der Waals surface area (Å²) in [6, 6.07) is 21.0. The molecule has 0 aliphatic heterocycles. The first-order chi connectivity index (χ1) is 17.8. The first-order valence-electron chi connectivity index (χ1n) is 11.8. The third kappa shape index (κ3) is 8.53. The molecule has 0 unspecified atom stereocenters. The molecule has 0 bridgehead atoms. The molecule has 0 aliphatic rings. The Morgan fingerprint density at radius 1 is 0.946 bits per heavy atom. The summed E-state index contributed by atoms with van der Waals surface area (Å²) in [5.74, 6) is 1.81. The Balaban J connectivity index is 1.64. The number of nitrogens with zero attached hydrogens (tertiary/aromatic N) is 2. The highest BCUT2D eigenvalue weighted by Gasteiger charge is 2.21. The van der Waals surface area contributed by atoms with Crippen LogP contribution in [0, 0.1) is 0 Å². The maximum Gasteiger partial charge on any atom is 0.260 e. The Kier molecular flexibility index (Phi) is 9.91. The van der Waals surface area contributed by atoms with E-state index in [0.717, 1.165) is 17.0 Å². The van der Waals surface area contributed by atoms with E-state index >= 15 is 0 Å². The molecular formula is C27H31N3O6S. The van der Waals surface area contributed by atoms with Crippen LogP contribution in [0.5, 0.6) is 23.0 Å². The van der Waals surface area contributed by atoms with Crippen molar-refractivity contribution in [3.63, 3.8) is 0 Å². The molecular weight excluding hydrogens is 494 g/mol. The third-order valence-electron chi connectivity index (χ3n) is 4.92. The van der Waals surface area contributed by atoms with Gasteiger partial charge in [-0.2, -0.15) is 5.10 Å². The Labute approximate surface area is 217 Å². The molecule has 0 spiro atoms. The smallest absolute Gasteiger partial charge is 0.260 e. The average Bonchev–Trinajstić information content (AvgIpc) is 2.87. The molecule has 0 fully saturated rings. The number of sulfonamides is 1.